The van der Waals surface area contributed by atoms with E-state index in [4.69, 9.17) is 36.7 Å². The minimum atomic E-state index is -1.11. The van der Waals surface area contributed by atoms with Crippen LogP contribution in [0.2, 0.25) is 5.02 Å². The van der Waals surface area contributed by atoms with Crippen molar-refractivity contribution in [3.8, 4) is 17.2 Å². The first kappa shape index (κ1) is 25.1. The molecular weight excluding hydrogens is 479 g/mol. The average Bonchev–Trinajstić information content (AvgIpc) is 3.10. The second kappa shape index (κ2) is 11.1. The highest BCUT2D eigenvalue weighted by Crippen LogP contribution is 2.38. The van der Waals surface area contributed by atoms with Gasteiger partial charge >= 0.3 is 5.97 Å². The van der Waals surface area contributed by atoms with Gasteiger partial charge in [-0.2, -0.15) is 0 Å². The van der Waals surface area contributed by atoms with Crippen LogP contribution in [-0.4, -0.2) is 59.3 Å². The Hall–Kier alpha value is -3.04. The fourth-order valence-electron chi connectivity index (χ4n) is 4.68. The van der Waals surface area contributed by atoms with Crippen molar-refractivity contribution in [2.24, 2.45) is 5.73 Å². The zero-order chi connectivity index (χ0) is 24.9. The summed E-state index contributed by atoms with van der Waals surface area (Å²) in [6.07, 6.45) is 3.30. The van der Waals surface area contributed by atoms with Gasteiger partial charge in [-0.15, -0.1) is 0 Å². The highest BCUT2D eigenvalue weighted by atomic mass is 35.5. The van der Waals surface area contributed by atoms with Gasteiger partial charge in [0.15, 0.2) is 18.1 Å². The van der Waals surface area contributed by atoms with E-state index in [1.54, 1.807) is 30.3 Å². The van der Waals surface area contributed by atoms with E-state index in [2.05, 4.69) is 0 Å². The first-order valence-corrected chi connectivity index (χ1v) is 11.9. The number of hydrogen-bond acceptors (Lipinski definition) is 6. The number of carbonyl (C=O) groups is 2. The molecule has 2 aliphatic heterocycles. The number of carboxylic acids is 1. The highest BCUT2D eigenvalue weighted by molar-refractivity contribution is 6.30. The summed E-state index contributed by atoms with van der Waals surface area (Å²) in [5.41, 5.74) is 5.51. The molecule has 8 nitrogen and oxygen atoms in total. The lowest BCUT2D eigenvalue weighted by Gasteiger charge is -2.38. The second-order valence-electron chi connectivity index (χ2n) is 8.81. The van der Waals surface area contributed by atoms with Crippen LogP contribution >= 0.6 is 11.6 Å². The molecule has 0 radical (unpaired) electrons. The first-order valence-electron chi connectivity index (χ1n) is 11.6. The first-order chi connectivity index (χ1) is 16.8. The summed E-state index contributed by atoms with van der Waals surface area (Å²) in [6.45, 7) is -0.104. The molecule has 4 rings (SSSR count). The molecule has 2 bridgehead atoms. The van der Waals surface area contributed by atoms with Gasteiger partial charge in [-0.3, -0.25) is 9.59 Å². The molecule has 2 aromatic rings. The lowest BCUT2D eigenvalue weighted by atomic mass is 9.99. The van der Waals surface area contributed by atoms with E-state index in [0.717, 1.165) is 12.8 Å². The molecule has 2 aliphatic rings. The van der Waals surface area contributed by atoms with E-state index in [1.807, 2.05) is 4.90 Å². The van der Waals surface area contributed by atoms with Crippen molar-refractivity contribution in [1.82, 2.24) is 4.90 Å². The van der Waals surface area contributed by atoms with Gasteiger partial charge in [-0.05, 0) is 49.2 Å². The summed E-state index contributed by atoms with van der Waals surface area (Å²) in [4.78, 5) is 25.8. The van der Waals surface area contributed by atoms with Crippen LogP contribution in [0.25, 0.3) is 0 Å². The maximum absolute atomic E-state index is 13.1. The van der Waals surface area contributed by atoms with Gasteiger partial charge in [0.25, 0.3) is 5.91 Å². The number of piperidine rings is 1. The SMILES string of the molecule is N[C@@H](CCOc1cc(Cl)ccc1OCC(=O)N1C2CCC1CC(Oc1ccc(F)cc1)C2)C(=O)O. The Bertz CT molecular complexity index is 1040. The fraction of sp³-hybridized carbons (Fsp3) is 0.440. The molecule has 2 heterocycles. The predicted octanol–water partition coefficient (Wildman–Crippen LogP) is 3.64. The summed E-state index contributed by atoms with van der Waals surface area (Å²) < 4.78 is 30.6. The predicted molar refractivity (Wildman–Crippen MR) is 126 cm³/mol. The number of fused-ring (bicyclic) bond motifs is 2. The minimum absolute atomic E-state index is 0.0311. The number of aliphatic carboxylic acids is 1. The molecule has 0 spiro atoms. The molecule has 0 saturated carbocycles. The number of halogens is 2. The third kappa shape index (κ3) is 6.35. The standard InChI is InChI=1S/C25H28ClFN2O6/c26-15-1-8-22(23(11-15)33-10-9-21(28)25(31)32)34-14-24(30)29-17-4-5-18(29)13-20(12-17)35-19-6-2-16(27)3-7-19/h1-3,6-8,11,17-18,20-21H,4-5,9-10,12-14,28H2,(H,31,32)/t17?,18?,20?,21-/m0/s1. The van der Waals surface area contributed by atoms with Gasteiger partial charge in [0.1, 0.15) is 23.7 Å². The van der Waals surface area contributed by atoms with Crippen molar-refractivity contribution in [1.29, 1.82) is 0 Å². The smallest absolute Gasteiger partial charge is 0.320 e. The number of nitrogens with two attached hydrogens (primary N) is 1. The maximum atomic E-state index is 13.1. The van der Waals surface area contributed by atoms with E-state index in [9.17, 15) is 14.0 Å². The van der Waals surface area contributed by atoms with Crippen molar-refractivity contribution < 1.29 is 33.3 Å². The zero-order valence-corrected chi connectivity index (χ0v) is 19.8. The van der Waals surface area contributed by atoms with Crippen molar-refractivity contribution in [2.45, 2.75) is 56.3 Å². The number of amides is 1. The highest BCUT2D eigenvalue weighted by Gasteiger charge is 2.44. The number of hydrogen-bond donors (Lipinski definition) is 2. The summed E-state index contributed by atoms with van der Waals surface area (Å²) in [7, 11) is 0. The van der Waals surface area contributed by atoms with Crippen LogP contribution in [0.15, 0.2) is 42.5 Å². The Kier molecular flexibility index (Phi) is 7.97. The van der Waals surface area contributed by atoms with Gasteiger partial charge in [0.05, 0.1) is 6.61 Å². The molecule has 1 amide bonds. The van der Waals surface area contributed by atoms with Crippen LogP contribution < -0.4 is 19.9 Å². The van der Waals surface area contributed by atoms with E-state index in [-0.39, 0.29) is 49.5 Å². The van der Waals surface area contributed by atoms with Crippen LogP contribution in [0.3, 0.4) is 0 Å². The molecule has 0 aliphatic carbocycles. The van der Waals surface area contributed by atoms with Crippen molar-refractivity contribution in [3.63, 3.8) is 0 Å². The molecule has 10 heteroatoms. The lowest BCUT2D eigenvalue weighted by Crippen LogP contribution is -2.50. The fourth-order valence-corrected chi connectivity index (χ4v) is 4.85. The monoisotopic (exact) mass is 506 g/mol. The van der Waals surface area contributed by atoms with E-state index in [0.29, 0.717) is 35.1 Å². The van der Waals surface area contributed by atoms with Crippen molar-refractivity contribution in [3.05, 3.63) is 53.3 Å². The Balaban J connectivity index is 1.32. The van der Waals surface area contributed by atoms with E-state index >= 15 is 0 Å². The molecule has 188 valence electrons. The van der Waals surface area contributed by atoms with Gasteiger partial charge in [0.2, 0.25) is 0 Å². The average molecular weight is 507 g/mol. The number of carboxylic acid groups (broad SMARTS) is 1. The Morgan fingerprint density at radius 3 is 2.43 bits per heavy atom. The Labute approximate surface area is 207 Å². The molecule has 3 atom stereocenters. The summed E-state index contributed by atoms with van der Waals surface area (Å²) in [6, 6.07) is 9.85. The molecule has 2 fully saturated rings. The number of benzene rings is 2. The van der Waals surface area contributed by atoms with Crippen LogP contribution in [-0.2, 0) is 9.59 Å². The van der Waals surface area contributed by atoms with Crippen LogP contribution in [0.1, 0.15) is 32.1 Å². The van der Waals surface area contributed by atoms with Crippen molar-refractivity contribution in [2.75, 3.05) is 13.2 Å². The normalized spacial score (nSPS) is 21.9. The molecule has 3 N–H and O–H groups in total. The zero-order valence-electron chi connectivity index (χ0n) is 19.1. The maximum Gasteiger partial charge on any atom is 0.320 e. The molecule has 2 unspecified atom stereocenters. The number of ether oxygens (including phenoxy) is 3. The molecule has 0 aromatic heterocycles. The number of rotatable bonds is 10. The third-order valence-electron chi connectivity index (χ3n) is 6.35. The third-order valence-corrected chi connectivity index (χ3v) is 6.59. The van der Waals surface area contributed by atoms with Gasteiger partial charge in [-0.1, -0.05) is 11.6 Å². The van der Waals surface area contributed by atoms with Crippen molar-refractivity contribution >= 4 is 23.5 Å². The van der Waals surface area contributed by atoms with Gasteiger partial charge < -0.3 is 30.0 Å². The van der Waals surface area contributed by atoms with Gasteiger partial charge in [0, 0.05) is 42.4 Å². The van der Waals surface area contributed by atoms with E-state index < -0.39 is 12.0 Å². The summed E-state index contributed by atoms with van der Waals surface area (Å²) in [5, 5.41) is 9.32. The summed E-state index contributed by atoms with van der Waals surface area (Å²) >= 11 is 6.06. The minimum Gasteiger partial charge on any atom is -0.490 e. The number of carbonyl (C=O) groups excluding carboxylic acids is 1. The molecule has 2 saturated heterocycles. The molecule has 2 aromatic carbocycles. The lowest BCUT2D eigenvalue weighted by molar-refractivity contribution is -0.140. The Morgan fingerprint density at radius 1 is 1.09 bits per heavy atom. The van der Waals surface area contributed by atoms with Crippen LogP contribution in [0, 0.1) is 5.82 Å². The van der Waals surface area contributed by atoms with Crippen LogP contribution in [0.5, 0.6) is 17.2 Å². The van der Waals surface area contributed by atoms with E-state index in [1.165, 1.54) is 12.1 Å². The number of nitrogens with zero attached hydrogens (tertiary/aromatic N) is 1. The second-order valence-corrected chi connectivity index (χ2v) is 9.25. The topological polar surface area (TPSA) is 111 Å². The molecule has 35 heavy (non-hydrogen) atoms. The largest absolute Gasteiger partial charge is 0.490 e. The Morgan fingerprint density at radius 2 is 1.77 bits per heavy atom. The van der Waals surface area contributed by atoms with Crippen LogP contribution in [0.4, 0.5) is 4.39 Å². The quantitative estimate of drug-likeness (QED) is 0.506. The van der Waals surface area contributed by atoms with Gasteiger partial charge in [-0.25, -0.2) is 4.39 Å². The molecular formula is C25H28ClFN2O6. The summed E-state index contributed by atoms with van der Waals surface area (Å²) in [5.74, 6) is -0.255.